The summed E-state index contributed by atoms with van der Waals surface area (Å²) < 4.78 is 0. The van der Waals surface area contributed by atoms with Crippen molar-refractivity contribution in [1.82, 2.24) is 0 Å². The first-order valence-electron chi connectivity index (χ1n) is 28.3. The minimum Gasteiger partial charge on any atom is -0.0991 e. The molecule has 0 radical (unpaired) electrons. The van der Waals surface area contributed by atoms with E-state index in [0.29, 0.717) is 0 Å². The topological polar surface area (TPSA) is 0 Å². The third-order valence-electron chi connectivity index (χ3n) is 12.1. The molecule has 0 fully saturated rings. The molecule has 0 aliphatic heterocycles. The quantitative estimate of drug-likeness (QED) is 0.0847. The lowest BCUT2D eigenvalue weighted by molar-refractivity contribution is 0.942. The second-order valence-electron chi connectivity index (χ2n) is 17.2. The van der Waals surface area contributed by atoms with Gasteiger partial charge in [-0.15, -0.1) is 0 Å². The van der Waals surface area contributed by atoms with Gasteiger partial charge >= 0.3 is 0 Å². The fourth-order valence-corrected chi connectivity index (χ4v) is 8.18. The Morgan fingerprint density at radius 2 is 1.09 bits per heavy atom. The third kappa shape index (κ3) is 23.1. The lowest BCUT2D eigenvalue weighted by atomic mass is 9.85. The predicted molar refractivity (Wildman–Crippen MR) is 348 cm³/mol. The minimum absolute atomic E-state index is 0.923. The Kier molecular flexibility index (Phi) is 36.0. The Hall–Kier alpha value is -7.28. The van der Waals surface area contributed by atoms with Gasteiger partial charge in [0, 0.05) is 0 Å². The second-order valence-corrected chi connectivity index (χ2v) is 17.2. The van der Waals surface area contributed by atoms with Gasteiger partial charge in [0.1, 0.15) is 0 Å². The average molecular weight is 1010 g/mol. The second kappa shape index (κ2) is 41.0. The van der Waals surface area contributed by atoms with Gasteiger partial charge in [-0.1, -0.05) is 299 Å². The number of hydrogen-bond acceptors (Lipinski definition) is 0. The fourth-order valence-electron chi connectivity index (χ4n) is 8.18. The van der Waals surface area contributed by atoms with Gasteiger partial charge < -0.3 is 0 Å². The van der Waals surface area contributed by atoms with Crippen LogP contribution in [0.2, 0.25) is 0 Å². The molecule has 0 saturated heterocycles. The first kappa shape index (κ1) is 66.7. The van der Waals surface area contributed by atoms with Crippen molar-refractivity contribution in [3.05, 3.63) is 293 Å². The first-order chi connectivity index (χ1) is 37.2. The average Bonchev–Trinajstić information content (AvgIpc) is 4.04. The maximum absolute atomic E-state index is 3.93. The Labute approximate surface area is 465 Å². The zero-order valence-corrected chi connectivity index (χ0v) is 49.8. The summed E-state index contributed by atoms with van der Waals surface area (Å²) in [5.74, 6) is 0. The first-order valence-corrected chi connectivity index (χ1v) is 28.3. The van der Waals surface area contributed by atoms with E-state index in [0.717, 1.165) is 32.1 Å². The summed E-state index contributed by atoms with van der Waals surface area (Å²) in [6, 6.07) is 52.4. The van der Waals surface area contributed by atoms with Crippen molar-refractivity contribution < 1.29 is 0 Å². The van der Waals surface area contributed by atoms with E-state index in [1.54, 1.807) is 0 Å². The largest absolute Gasteiger partial charge is 0.0991 e. The number of hydrogen-bond donors (Lipinski definition) is 0. The molecule has 0 heterocycles. The highest BCUT2D eigenvalue weighted by Gasteiger charge is 2.16. The summed E-state index contributed by atoms with van der Waals surface area (Å²) >= 11 is 0. The van der Waals surface area contributed by atoms with Crippen LogP contribution < -0.4 is 0 Å². The molecule has 76 heavy (non-hydrogen) atoms. The maximum Gasteiger partial charge on any atom is -0.00196 e. The summed E-state index contributed by atoms with van der Waals surface area (Å²) in [5, 5.41) is 0. The molecule has 0 unspecified atom stereocenters. The Bertz CT molecular complexity index is 2780. The van der Waals surface area contributed by atoms with E-state index >= 15 is 0 Å². The van der Waals surface area contributed by atoms with Crippen molar-refractivity contribution in [3.8, 4) is 22.3 Å². The molecule has 0 amide bonds. The van der Waals surface area contributed by atoms with E-state index < -0.39 is 0 Å². The molecule has 6 aromatic rings. The van der Waals surface area contributed by atoms with Crippen LogP contribution in [0.3, 0.4) is 0 Å². The van der Waals surface area contributed by atoms with E-state index in [-0.39, 0.29) is 0 Å². The lowest BCUT2D eigenvalue weighted by Gasteiger charge is -2.19. The van der Waals surface area contributed by atoms with Gasteiger partial charge in [0.2, 0.25) is 0 Å². The molecule has 0 heteroatoms. The highest BCUT2D eigenvalue weighted by molar-refractivity contribution is 5.84. The number of aryl methyl sites for hydroxylation is 3. The summed E-state index contributed by atoms with van der Waals surface area (Å²) in [7, 11) is 0. The van der Waals surface area contributed by atoms with E-state index in [4.69, 9.17) is 0 Å². The molecular formula is C76H96. The standard InChI is InChI=1S/C37H36.C14H16.C13H12.C4H8.4C2H6/c1-4-12-29(5-2)31-17-11-18-32(24-31)34-21-22-35(23-28-13-7-6-8-14-28)37(26-34)36-25-33(20-19-27(36)3)30-15-9-10-16-30;1-4-6-13(7-5-2)14-10-8-12(3)9-11-14;1-11-7-9-13(10-8-11)12-5-3-2-4-6-12;1-3-4-2;4*1-2/h4,6-10,12-15,18-22,24-26H,1,5,11,16-17,23H2,2-3H3;4-11H,1H2,2-3H3;2-10H,1H3;3-4H,1-2H3;4*1-2H3/b29-12+;7-5-,13-6+;;4-3-;;;;. The zero-order chi connectivity index (χ0) is 56.5. The highest BCUT2D eigenvalue weighted by Crippen LogP contribution is 2.37. The number of benzene rings is 6. The Morgan fingerprint density at radius 1 is 0.553 bits per heavy atom. The van der Waals surface area contributed by atoms with Gasteiger partial charge in [-0.05, 0) is 169 Å². The molecule has 0 nitrogen and oxygen atoms in total. The van der Waals surface area contributed by atoms with Gasteiger partial charge in [-0.25, -0.2) is 0 Å². The molecule has 0 saturated carbocycles. The summed E-state index contributed by atoms with van der Waals surface area (Å²) in [6.45, 7) is 38.3. The Balaban J connectivity index is 0.000000606. The number of rotatable bonds is 12. The van der Waals surface area contributed by atoms with Crippen LogP contribution in [0.1, 0.15) is 153 Å². The molecule has 0 bridgehead atoms. The molecule has 2 aliphatic carbocycles. The highest BCUT2D eigenvalue weighted by atomic mass is 14.2. The van der Waals surface area contributed by atoms with Crippen molar-refractivity contribution >= 4 is 16.7 Å². The van der Waals surface area contributed by atoms with Crippen LogP contribution in [0.4, 0.5) is 0 Å². The molecule has 400 valence electrons. The van der Waals surface area contributed by atoms with Gasteiger partial charge in [0.25, 0.3) is 0 Å². The zero-order valence-electron chi connectivity index (χ0n) is 49.8. The van der Waals surface area contributed by atoms with Crippen LogP contribution >= 0.6 is 0 Å². The fraction of sp³-hybridized carbons (Fsp3) is 0.263. The van der Waals surface area contributed by atoms with Crippen LogP contribution in [-0.4, -0.2) is 0 Å². The van der Waals surface area contributed by atoms with Gasteiger partial charge in [-0.3, -0.25) is 0 Å². The van der Waals surface area contributed by atoms with Crippen LogP contribution in [0, 0.1) is 20.8 Å². The van der Waals surface area contributed by atoms with E-state index in [2.05, 4.69) is 223 Å². The SMILES string of the molecule is C/C=C\C.C=C/C=C(\C=C/C)c1ccc(C)cc1.C=C/C=C(\CC)C1=CC(c2ccc(Cc3ccccc3)c(-c3cc(C4=CC=CC4)ccc3C)c2)=CCC1.CC.CC.CC.CC.Cc1ccc(-c2ccccc2)cc1. The van der Waals surface area contributed by atoms with Gasteiger partial charge in [-0.2, -0.15) is 0 Å². The van der Waals surface area contributed by atoms with E-state index in [1.165, 1.54) is 94.6 Å². The molecule has 8 rings (SSSR count). The van der Waals surface area contributed by atoms with Crippen molar-refractivity contribution in [2.45, 2.75) is 136 Å². The molecule has 2 aliphatic rings. The van der Waals surface area contributed by atoms with Crippen molar-refractivity contribution in [1.29, 1.82) is 0 Å². The molecule has 0 aromatic heterocycles. The van der Waals surface area contributed by atoms with Crippen LogP contribution in [0.25, 0.3) is 39.0 Å². The smallest absolute Gasteiger partial charge is 0.00196 e. The van der Waals surface area contributed by atoms with Crippen molar-refractivity contribution in [2.24, 2.45) is 0 Å². The van der Waals surface area contributed by atoms with Crippen molar-refractivity contribution in [3.63, 3.8) is 0 Å². The predicted octanol–water partition coefficient (Wildman–Crippen LogP) is 23.7. The van der Waals surface area contributed by atoms with Crippen LogP contribution in [0.5, 0.6) is 0 Å². The van der Waals surface area contributed by atoms with E-state index in [1.807, 2.05) is 119 Å². The summed E-state index contributed by atoms with van der Waals surface area (Å²) in [4.78, 5) is 0. The molecule has 6 aromatic carbocycles. The third-order valence-corrected chi connectivity index (χ3v) is 12.1. The monoisotopic (exact) mass is 1010 g/mol. The normalized spacial score (nSPS) is 12.2. The molecule has 0 atom stereocenters. The molecular weight excluding hydrogens is 913 g/mol. The molecule has 0 N–H and O–H groups in total. The van der Waals surface area contributed by atoms with Gasteiger partial charge in [0.15, 0.2) is 0 Å². The Morgan fingerprint density at radius 3 is 1.63 bits per heavy atom. The summed E-state index contributed by atoms with van der Waals surface area (Å²) in [5.41, 5.74) is 22.5. The minimum atomic E-state index is 0.923. The van der Waals surface area contributed by atoms with Gasteiger partial charge in [0.05, 0.1) is 0 Å². The van der Waals surface area contributed by atoms with E-state index in [9.17, 15) is 0 Å². The van der Waals surface area contributed by atoms with Crippen LogP contribution in [-0.2, 0) is 6.42 Å². The maximum atomic E-state index is 3.93. The van der Waals surface area contributed by atoms with Crippen LogP contribution in [0.15, 0.2) is 249 Å². The lowest BCUT2D eigenvalue weighted by Crippen LogP contribution is -1.99. The molecule has 0 spiro atoms. The summed E-state index contributed by atoms with van der Waals surface area (Å²) in [6.07, 6.45) is 32.6. The van der Waals surface area contributed by atoms with Crippen molar-refractivity contribution in [2.75, 3.05) is 0 Å². The number of allylic oxidation sites excluding steroid dienone is 18.